The van der Waals surface area contributed by atoms with Gasteiger partial charge < -0.3 is 14.5 Å². The molecule has 4 nitrogen and oxygen atoms in total. The van der Waals surface area contributed by atoms with Crippen LogP contribution in [0.4, 0.5) is 5.69 Å². The van der Waals surface area contributed by atoms with Crippen LogP contribution in [0.5, 0.6) is 5.75 Å². The molecule has 1 amide bonds. The second-order valence-electron chi connectivity index (χ2n) is 7.03. The molecular weight excluding hydrogens is 433 g/mol. The van der Waals surface area contributed by atoms with Crippen LogP contribution in [0.2, 0.25) is 10.0 Å². The van der Waals surface area contributed by atoms with Crippen LogP contribution in [0, 0.1) is 0 Å². The predicted octanol–water partition coefficient (Wildman–Crippen LogP) is 7.46. The summed E-state index contributed by atoms with van der Waals surface area (Å²) in [5.74, 6) is 0.362. The van der Waals surface area contributed by atoms with Gasteiger partial charge >= 0.3 is 0 Å². The Hall–Kier alpha value is -3.21. The van der Waals surface area contributed by atoms with Crippen LogP contribution in [0.1, 0.15) is 12.5 Å². The number of amides is 1. The van der Waals surface area contributed by atoms with Crippen molar-refractivity contribution in [1.29, 1.82) is 0 Å². The number of anilines is 1. The van der Waals surface area contributed by atoms with Crippen molar-refractivity contribution in [2.24, 2.45) is 0 Å². The largest absolute Gasteiger partial charge is 0.496 e. The fourth-order valence-corrected chi connectivity index (χ4v) is 3.72. The van der Waals surface area contributed by atoms with Gasteiger partial charge in [0.2, 0.25) is 5.91 Å². The highest BCUT2D eigenvalue weighted by Crippen LogP contribution is 2.37. The number of hydrogen-bond donors (Lipinski definition) is 1. The first-order chi connectivity index (χ1) is 14.9. The lowest BCUT2D eigenvalue weighted by Crippen LogP contribution is -2.08. The lowest BCUT2D eigenvalue weighted by molar-refractivity contribution is -0.111. The summed E-state index contributed by atoms with van der Waals surface area (Å²) in [5, 5.41) is 4.97. The van der Waals surface area contributed by atoms with Gasteiger partial charge in [0, 0.05) is 44.4 Å². The van der Waals surface area contributed by atoms with Crippen LogP contribution in [-0.2, 0) is 4.79 Å². The van der Waals surface area contributed by atoms with E-state index in [-0.39, 0.29) is 5.91 Å². The van der Waals surface area contributed by atoms with Crippen molar-refractivity contribution in [2.45, 2.75) is 6.92 Å². The number of benzene rings is 3. The number of ether oxygens (including phenoxy) is 1. The van der Waals surface area contributed by atoms with E-state index in [1.165, 1.54) is 6.08 Å². The van der Waals surface area contributed by atoms with E-state index in [0.29, 0.717) is 27.1 Å². The summed E-state index contributed by atoms with van der Waals surface area (Å²) in [6.07, 6.45) is 3.24. The van der Waals surface area contributed by atoms with Gasteiger partial charge in [0.15, 0.2) is 0 Å². The first-order valence-corrected chi connectivity index (χ1v) is 10.3. The summed E-state index contributed by atoms with van der Waals surface area (Å²) >= 11 is 12.0. The topological polar surface area (TPSA) is 51.5 Å². The standard InChI is InChI=1S/C25H19Cl2NO3/c1-15(10-25(29)28-19-5-3-4-18(27)11-19)20-12-21-22(16-6-8-17(26)9-7-16)14-31-24(21)13-23(20)30-2/h3-14H,1-2H3,(H,28,29)/b15-10+. The Morgan fingerprint density at radius 2 is 1.81 bits per heavy atom. The number of allylic oxidation sites excluding steroid dienone is 1. The lowest BCUT2D eigenvalue weighted by Gasteiger charge is -2.10. The van der Waals surface area contributed by atoms with Gasteiger partial charge in [-0.2, -0.15) is 0 Å². The van der Waals surface area contributed by atoms with E-state index in [9.17, 15) is 4.79 Å². The normalized spacial score (nSPS) is 11.5. The number of carbonyl (C=O) groups excluding carboxylic acids is 1. The Balaban J connectivity index is 1.71. The molecule has 0 aliphatic rings. The van der Waals surface area contributed by atoms with Crippen LogP contribution in [0.25, 0.3) is 27.7 Å². The van der Waals surface area contributed by atoms with Crippen molar-refractivity contribution in [3.05, 3.63) is 88.6 Å². The molecule has 156 valence electrons. The van der Waals surface area contributed by atoms with E-state index >= 15 is 0 Å². The highest BCUT2D eigenvalue weighted by molar-refractivity contribution is 6.31. The fourth-order valence-electron chi connectivity index (χ4n) is 3.40. The van der Waals surface area contributed by atoms with Gasteiger partial charge in [0.05, 0.1) is 13.4 Å². The van der Waals surface area contributed by atoms with Gasteiger partial charge in [0.1, 0.15) is 11.3 Å². The maximum atomic E-state index is 12.5. The zero-order chi connectivity index (χ0) is 22.0. The summed E-state index contributed by atoms with van der Waals surface area (Å²) in [5.41, 5.74) is 4.80. The third-order valence-corrected chi connectivity index (χ3v) is 5.40. The summed E-state index contributed by atoms with van der Waals surface area (Å²) in [6.45, 7) is 1.86. The summed E-state index contributed by atoms with van der Waals surface area (Å²) < 4.78 is 11.3. The molecule has 6 heteroatoms. The zero-order valence-corrected chi connectivity index (χ0v) is 18.4. The maximum Gasteiger partial charge on any atom is 0.248 e. The molecule has 0 bridgehead atoms. The summed E-state index contributed by atoms with van der Waals surface area (Å²) in [7, 11) is 1.59. The molecule has 31 heavy (non-hydrogen) atoms. The lowest BCUT2D eigenvalue weighted by atomic mass is 9.99. The minimum atomic E-state index is -0.257. The molecule has 1 N–H and O–H groups in total. The second kappa shape index (κ2) is 8.88. The fraction of sp³-hybridized carbons (Fsp3) is 0.0800. The molecule has 0 saturated carbocycles. The third-order valence-electron chi connectivity index (χ3n) is 4.92. The van der Waals surface area contributed by atoms with Crippen molar-refractivity contribution >= 4 is 51.3 Å². The van der Waals surface area contributed by atoms with Gasteiger partial charge in [-0.1, -0.05) is 41.4 Å². The molecule has 1 aromatic heterocycles. The number of nitrogens with one attached hydrogen (secondary N) is 1. The number of furan rings is 1. The van der Waals surface area contributed by atoms with Gasteiger partial charge in [-0.25, -0.2) is 0 Å². The number of hydrogen-bond acceptors (Lipinski definition) is 3. The summed E-state index contributed by atoms with van der Waals surface area (Å²) in [4.78, 5) is 12.5. The van der Waals surface area contributed by atoms with Crippen molar-refractivity contribution in [1.82, 2.24) is 0 Å². The number of methoxy groups -OCH3 is 1. The molecule has 0 atom stereocenters. The van der Waals surface area contributed by atoms with Crippen molar-refractivity contribution in [3.63, 3.8) is 0 Å². The Morgan fingerprint density at radius 1 is 1.03 bits per heavy atom. The molecule has 0 saturated heterocycles. The van der Waals surface area contributed by atoms with E-state index in [1.54, 1.807) is 37.6 Å². The highest BCUT2D eigenvalue weighted by Gasteiger charge is 2.15. The van der Waals surface area contributed by atoms with Gasteiger partial charge in [0.25, 0.3) is 0 Å². The molecule has 0 aliphatic carbocycles. The van der Waals surface area contributed by atoms with Crippen LogP contribution in [0.3, 0.4) is 0 Å². The molecular formula is C25H19Cl2NO3. The summed E-state index contributed by atoms with van der Waals surface area (Å²) in [6, 6.07) is 18.4. The maximum absolute atomic E-state index is 12.5. The minimum absolute atomic E-state index is 0.257. The van der Waals surface area contributed by atoms with Gasteiger partial charge in [-0.05, 0) is 54.5 Å². The first kappa shape index (κ1) is 21.0. The number of carbonyl (C=O) groups is 1. The smallest absolute Gasteiger partial charge is 0.248 e. The highest BCUT2D eigenvalue weighted by atomic mass is 35.5. The predicted molar refractivity (Wildman–Crippen MR) is 127 cm³/mol. The van der Waals surface area contributed by atoms with E-state index in [2.05, 4.69) is 5.32 Å². The number of halogens is 2. The molecule has 0 unspecified atom stereocenters. The van der Waals surface area contributed by atoms with E-state index in [0.717, 1.165) is 27.6 Å². The Kier molecular flexibility index (Phi) is 6.03. The van der Waals surface area contributed by atoms with Crippen molar-refractivity contribution in [3.8, 4) is 16.9 Å². The molecule has 0 spiro atoms. The second-order valence-corrected chi connectivity index (χ2v) is 7.90. The Bertz CT molecular complexity index is 1290. The minimum Gasteiger partial charge on any atom is -0.496 e. The Morgan fingerprint density at radius 3 is 2.52 bits per heavy atom. The molecule has 1 heterocycles. The van der Waals surface area contributed by atoms with Crippen LogP contribution in [-0.4, -0.2) is 13.0 Å². The average molecular weight is 452 g/mol. The molecule has 4 rings (SSSR count). The molecule has 4 aromatic rings. The number of rotatable bonds is 5. The quantitative estimate of drug-likeness (QED) is 0.320. The van der Waals surface area contributed by atoms with Crippen LogP contribution < -0.4 is 10.1 Å². The Labute approximate surface area is 190 Å². The first-order valence-electron chi connectivity index (χ1n) is 9.55. The molecule has 0 radical (unpaired) electrons. The van der Waals surface area contributed by atoms with Gasteiger partial charge in [-0.15, -0.1) is 0 Å². The average Bonchev–Trinajstić information content (AvgIpc) is 3.16. The van der Waals surface area contributed by atoms with E-state index in [1.807, 2.05) is 43.3 Å². The number of fused-ring (bicyclic) bond motifs is 1. The SMILES string of the molecule is COc1cc2occ(-c3ccc(Cl)cc3)c2cc1/C(C)=C/C(=O)Nc1cccc(Cl)c1. The van der Waals surface area contributed by atoms with Gasteiger partial charge in [-0.3, -0.25) is 4.79 Å². The van der Waals surface area contributed by atoms with Crippen LogP contribution >= 0.6 is 23.2 Å². The monoisotopic (exact) mass is 451 g/mol. The zero-order valence-electron chi connectivity index (χ0n) is 16.9. The third kappa shape index (κ3) is 4.61. The molecule has 0 fully saturated rings. The van der Waals surface area contributed by atoms with E-state index < -0.39 is 0 Å². The van der Waals surface area contributed by atoms with Crippen molar-refractivity contribution in [2.75, 3.05) is 12.4 Å². The van der Waals surface area contributed by atoms with Crippen molar-refractivity contribution < 1.29 is 13.9 Å². The molecule has 0 aliphatic heterocycles. The van der Waals surface area contributed by atoms with Crippen LogP contribution in [0.15, 0.2) is 77.4 Å². The molecule has 3 aromatic carbocycles. The van der Waals surface area contributed by atoms with E-state index in [4.69, 9.17) is 32.4 Å².